The van der Waals surface area contributed by atoms with Gasteiger partial charge in [0.05, 0.1) is 11.3 Å². The molecule has 1 heterocycles. The summed E-state index contributed by atoms with van der Waals surface area (Å²) in [6, 6.07) is 5.25. The quantitative estimate of drug-likeness (QED) is 0.749. The maximum atomic E-state index is 12.7. The minimum Gasteiger partial charge on any atom is -0.220 e. The molecule has 0 amide bonds. The summed E-state index contributed by atoms with van der Waals surface area (Å²) in [5, 5.41) is 3.86. The first-order valence-electron chi connectivity index (χ1n) is 4.53. The van der Waals surface area contributed by atoms with Gasteiger partial charge in [0, 0.05) is 0 Å². The first kappa shape index (κ1) is 10.7. The number of hydrogen-bond acceptors (Lipinski definition) is 2. The fraction of sp³-hybridized carbons (Fsp3) is 0.200. The van der Waals surface area contributed by atoms with Gasteiger partial charge in [-0.15, -0.1) is 0 Å². The fourth-order valence-electron chi connectivity index (χ4n) is 1.37. The smallest absolute Gasteiger partial charge is 0.220 e. The van der Waals surface area contributed by atoms with Crippen molar-refractivity contribution in [3.05, 3.63) is 42.0 Å². The first-order valence-corrected chi connectivity index (χ1v) is 4.53. The SMILES string of the molecule is Cc1ncn(-c2ccccc2C(F)(F)F)n1. The summed E-state index contributed by atoms with van der Waals surface area (Å²) in [7, 11) is 0. The molecule has 0 fully saturated rings. The molecule has 0 aliphatic carbocycles. The summed E-state index contributed by atoms with van der Waals surface area (Å²) >= 11 is 0. The van der Waals surface area contributed by atoms with E-state index in [0.29, 0.717) is 5.82 Å². The summed E-state index contributed by atoms with van der Waals surface area (Å²) in [5.41, 5.74) is -0.740. The van der Waals surface area contributed by atoms with Gasteiger partial charge >= 0.3 is 6.18 Å². The second-order valence-corrected chi connectivity index (χ2v) is 3.25. The second kappa shape index (κ2) is 3.62. The third-order valence-corrected chi connectivity index (χ3v) is 2.06. The van der Waals surface area contributed by atoms with Gasteiger partial charge in [0.25, 0.3) is 0 Å². The van der Waals surface area contributed by atoms with E-state index in [1.807, 2.05) is 0 Å². The fourth-order valence-corrected chi connectivity index (χ4v) is 1.37. The van der Waals surface area contributed by atoms with E-state index >= 15 is 0 Å². The van der Waals surface area contributed by atoms with E-state index in [1.165, 1.54) is 24.5 Å². The molecule has 84 valence electrons. The summed E-state index contributed by atoms with van der Waals surface area (Å²) in [4.78, 5) is 3.80. The van der Waals surface area contributed by atoms with Gasteiger partial charge in [-0.25, -0.2) is 9.67 Å². The molecule has 1 aromatic heterocycles. The van der Waals surface area contributed by atoms with Crippen LogP contribution in [0.3, 0.4) is 0 Å². The van der Waals surface area contributed by atoms with Crippen LogP contribution in [0.25, 0.3) is 5.69 Å². The van der Waals surface area contributed by atoms with Crippen molar-refractivity contribution >= 4 is 0 Å². The van der Waals surface area contributed by atoms with Crippen LogP contribution in [-0.2, 0) is 6.18 Å². The van der Waals surface area contributed by atoms with Crippen molar-refractivity contribution in [1.82, 2.24) is 14.8 Å². The third-order valence-electron chi connectivity index (χ3n) is 2.06. The molecule has 0 aliphatic heterocycles. The number of alkyl halides is 3. The molecule has 0 radical (unpaired) electrons. The molecule has 0 spiro atoms. The number of halogens is 3. The van der Waals surface area contributed by atoms with Crippen LogP contribution in [0.2, 0.25) is 0 Å². The zero-order valence-corrected chi connectivity index (χ0v) is 8.36. The molecule has 2 rings (SSSR count). The topological polar surface area (TPSA) is 30.7 Å². The molecular formula is C10H8F3N3. The normalized spacial score (nSPS) is 11.8. The van der Waals surface area contributed by atoms with Gasteiger partial charge in [-0.3, -0.25) is 0 Å². The first-order chi connectivity index (χ1) is 7.48. The third kappa shape index (κ3) is 1.91. The maximum Gasteiger partial charge on any atom is 0.418 e. The van der Waals surface area contributed by atoms with Gasteiger partial charge in [0.1, 0.15) is 12.2 Å². The Hall–Kier alpha value is -1.85. The van der Waals surface area contributed by atoms with Crippen LogP contribution in [0, 0.1) is 6.92 Å². The highest BCUT2D eigenvalue weighted by Crippen LogP contribution is 2.33. The van der Waals surface area contributed by atoms with Gasteiger partial charge in [0.2, 0.25) is 0 Å². The van der Waals surface area contributed by atoms with Crippen molar-refractivity contribution in [1.29, 1.82) is 0 Å². The minimum absolute atomic E-state index is 0.0180. The number of para-hydroxylation sites is 1. The Bertz CT molecular complexity index is 502. The Morgan fingerprint density at radius 2 is 1.88 bits per heavy atom. The zero-order valence-electron chi connectivity index (χ0n) is 8.36. The average Bonchev–Trinajstić information content (AvgIpc) is 2.64. The predicted molar refractivity (Wildman–Crippen MR) is 51.1 cm³/mol. The van der Waals surface area contributed by atoms with Crippen molar-refractivity contribution in [3.8, 4) is 5.69 Å². The number of nitrogens with zero attached hydrogens (tertiary/aromatic N) is 3. The van der Waals surface area contributed by atoms with E-state index in [1.54, 1.807) is 6.92 Å². The molecule has 0 saturated heterocycles. The van der Waals surface area contributed by atoms with Gasteiger partial charge in [-0.05, 0) is 19.1 Å². The van der Waals surface area contributed by atoms with E-state index in [2.05, 4.69) is 10.1 Å². The van der Waals surface area contributed by atoms with Crippen LogP contribution < -0.4 is 0 Å². The number of hydrogen-bond donors (Lipinski definition) is 0. The highest BCUT2D eigenvalue weighted by molar-refractivity contribution is 5.41. The Balaban J connectivity index is 2.57. The van der Waals surface area contributed by atoms with Crippen molar-refractivity contribution < 1.29 is 13.2 Å². The molecule has 0 bridgehead atoms. The van der Waals surface area contributed by atoms with E-state index in [0.717, 1.165) is 10.7 Å². The lowest BCUT2D eigenvalue weighted by atomic mass is 10.2. The lowest BCUT2D eigenvalue weighted by Gasteiger charge is -2.11. The number of benzene rings is 1. The van der Waals surface area contributed by atoms with Crippen LogP contribution >= 0.6 is 0 Å². The maximum absolute atomic E-state index is 12.7. The predicted octanol–water partition coefficient (Wildman–Crippen LogP) is 2.59. The second-order valence-electron chi connectivity index (χ2n) is 3.25. The zero-order chi connectivity index (χ0) is 11.8. The van der Waals surface area contributed by atoms with Crippen molar-refractivity contribution in [2.75, 3.05) is 0 Å². The Kier molecular flexibility index (Phi) is 2.41. The summed E-state index contributed by atoms with van der Waals surface area (Å²) in [5.74, 6) is 0.428. The van der Waals surface area contributed by atoms with Gasteiger partial charge in [0.15, 0.2) is 0 Å². The van der Waals surface area contributed by atoms with E-state index in [4.69, 9.17) is 0 Å². The lowest BCUT2D eigenvalue weighted by Crippen LogP contribution is -2.10. The highest BCUT2D eigenvalue weighted by Gasteiger charge is 2.33. The van der Waals surface area contributed by atoms with Crippen molar-refractivity contribution in [2.24, 2.45) is 0 Å². The van der Waals surface area contributed by atoms with Crippen LogP contribution in [0.5, 0.6) is 0 Å². The van der Waals surface area contributed by atoms with E-state index in [-0.39, 0.29) is 5.69 Å². The lowest BCUT2D eigenvalue weighted by molar-refractivity contribution is -0.137. The number of aryl methyl sites for hydroxylation is 1. The Morgan fingerprint density at radius 3 is 2.44 bits per heavy atom. The molecule has 0 saturated carbocycles. The van der Waals surface area contributed by atoms with Gasteiger partial charge < -0.3 is 0 Å². The molecule has 16 heavy (non-hydrogen) atoms. The Morgan fingerprint density at radius 1 is 1.19 bits per heavy atom. The standard InChI is InChI=1S/C10H8F3N3/c1-7-14-6-16(15-7)9-5-3-2-4-8(9)10(11,12)13/h2-6H,1H3. The molecule has 0 N–H and O–H groups in total. The molecule has 0 unspecified atom stereocenters. The number of rotatable bonds is 1. The van der Waals surface area contributed by atoms with E-state index < -0.39 is 11.7 Å². The largest absolute Gasteiger partial charge is 0.418 e. The molecular weight excluding hydrogens is 219 g/mol. The van der Waals surface area contributed by atoms with Crippen LogP contribution in [0.1, 0.15) is 11.4 Å². The van der Waals surface area contributed by atoms with Crippen molar-refractivity contribution in [2.45, 2.75) is 13.1 Å². The molecule has 3 nitrogen and oxygen atoms in total. The number of aromatic nitrogens is 3. The molecule has 2 aromatic rings. The summed E-state index contributed by atoms with van der Waals surface area (Å²) < 4.78 is 39.2. The molecule has 0 aliphatic rings. The van der Waals surface area contributed by atoms with E-state index in [9.17, 15) is 13.2 Å². The van der Waals surface area contributed by atoms with Crippen LogP contribution in [0.4, 0.5) is 13.2 Å². The van der Waals surface area contributed by atoms with Crippen molar-refractivity contribution in [3.63, 3.8) is 0 Å². The molecule has 1 aromatic carbocycles. The summed E-state index contributed by atoms with van der Waals surface area (Å²) in [6.07, 6.45) is -3.13. The summed E-state index contributed by atoms with van der Waals surface area (Å²) in [6.45, 7) is 1.62. The van der Waals surface area contributed by atoms with Crippen LogP contribution in [-0.4, -0.2) is 14.8 Å². The minimum atomic E-state index is -4.39. The highest BCUT2D eigenvalue weighted by atomic mass is 19.4. The Labute approximate surface area is 89.5 Å². The molecule has 0 atom stereocenters. The van der Waals surface area contributed by atoms with Gasteiger partial charge in [-0.1, -0.05) is 12.1 Å². The van der Waals surface area contributed by atoms with Crippen LogP contribution in [0.15, 0.2) is 30.6 Å². The average molecular weight is 227 g/mol. The molecule has 6 heteroatoms. The van der Waals surface area contributed by atoms with Gasteiger partial charge in [-0.2, -0.15) is 18.3 Å². The monoisotopic (exact) mass is 227 g/mol.